The van der Waals surface area contributed by atoms with E-state index in [4.69, 9.17) is 5.73 Å². The maximum absolute atomic E-state index is 12.8. The minimum atomic E-state index is 0.173. The van der Waals surface area contributed by atoms with Crippen LogP contribution in [0.1, 0.15) is 43.1 Å². The summed E-state index contributed by atoms with van der Waals surface area (Å²) in [7, 11) is 0. The van der Waals surface area contributed by atoms with Gasteiger partial charge in [0.2, 0.25) is 0 Å². The first-order valence-corrected chi connectivity index (χ1v) is 7.83. The van der Waals surface area contributed by atoms with E-state index in [9.17, 15) is 4.79 Å². The summed E-state index contributed by atoms with van der Waals surface area (Å²) in [5.74, 6) is 0.173. The molecule has 2 saturated heterocycles. The number of hydrogen-bond donors (Lipinski definition) is 1. The number of piperidine rings is 1. The molecule has 2 unspecified atom stereocenters. The van der Waals surface area contributed by atoms with Gasteiger partial charge < -0.3 is 15.2 Å². The summed E-state index contributed by atoms with van der Waals surface area (Å²) in [6.07, 6.45) is 6.10. The number of aryl methyl sites for hydroxylation is 1. The molecule has 2 aliphatic rings. The largest absolute Gasteiger partial charge is 0.343 e. The molecule has 104 valence electrons. The summed E-state index contributed by atoms with van der Waals surface area (Å²) < 4.78 is 2.99. The van der Waals surface area contributed by atoms with Crippen LogP contribution in [0, 0.1) is 0 Å². The number of nitrogens with two attached hydrogens (primary N) is 1. The lowest BCUT2D eigenvalue weighted by molar-refractivity contribution is 0.0564. The summed E-state index contributed by atoms with van der Waals surface area (Å²) in [5, 5.41) is 0. The highest BCUT2D eigenvalue weighted by Gasteiger charge is 2.43. The van der Waals surface area contributed by atoms with Crippen LogP contribution in [0.5, 0.6) is 0 Å². The third-order valence-electron chi connectivity index (χ3n) is 4.43. The molecular formula is C14H20BrN3O. The van der Waals surface area contributed by atoms with Crippen LogP contribution in [0.15, 0.2) is 16.7 Å². The van der Waals surface area contributed by atoms with Crippen LogP contribution in [0.3, 0.4) is 0 Å². The van der Waals surface area contributed by atoms with Crippen molar-refractivity contribution in [2.24, 2.45) is 5.73 Å². The summed E-state index contributed by atoms with van der Waals surface area (Å²) in [6, 6.07) is 2.89. The number of amides is 1. The van der Waals surface area contributed by atoms with Crippen molar-refractivity contribution in [3.63, 3.8) is 0 Å². The van der Waals surface area contributed by atoms with Crippen molar-refractivity contribution in [1.82, 2.24) is 9.47 Å². The second kappa shape index (κ2) is 4.94. The molecule has 2 atom stereocenters. The maximum atomic E-state index is 12.8. The average molecular weight is 326 g/mol. The van der Waals surface area contributed by atoms with Crippen LogP contribution in [0.25, 0.3) is 0 Å². The van der Waals surface area contributed by atoms with E-state index in [1.165, 1.54) is 0 Å². The van der Waals surface area contributed by atoms with Crippen molar-refractivity contribution in [2.45, 2.75) is 57.3 Å². The van der Waals surface area contributed by atoms with Gasteiger partial charge in [-0.3, -0.25) is 4.79 Å². The number of fused-ring (bicyclic) bond motifs is 2. The quantitative estimate of drug-likeness (QED) is 0.907. The Balaban J connectivity index is 1.88. The Morgan fingerprint density at radius 1 is 1.42 bits per heavy atom. The highest BCUT2D eigenvalue weighted by Crippen LogP contribution is 2.36. The molecule has 1 aromatic rings. The minimum Gasteiger partial charge on any atom is -0.343 e. The lowest BCUT2D eigenvalue weighted by Crippen LogP contribution is -2.50. The van der Waals surface area contributed by atoms with E-state index in [1.54, 1.807) is 0 Å². The highest BCUT2D eigenvalue weighted by molar-refractivity contribution is 9.10. The van der Waals surface area contributed by atoms with Crippen molar-refractivity contribution in [2.75, 3.05) is 0 Å². The van der Waals surface area contributed by atoms with Crippen molar-refractivity contribution in [1.29, 1.82) is 0 Å². The predicted molar refractivity (Wildman–Crippen MR) is 78.0 cm³/mol. The molecular weight excluding hydrogens is 306 g/mol. The third kappa shape index (κ3) is 2.23. The normalized spacial score (nSPS) is 29.8. The number of carbonyl (C=O) groups excluding carboxylic acids is 1. The topological polar surface area (TPSA) is 51.3 Å². The van der Waals surface area contributed by atoms with E-state index in [0.717, 1.165) is 42.4 Å². The van der Waals surface area contributed by atoms with E-state index < -0.39 is 0 Å². The lowest BCUT2D eigenvalue weighted by atomic mass is 9.98. The first kappa shape index (κ1) is 13.2. The summed E-state index contributed by atoms with van der Waals surface area (Å²) in [4.78, 5) is 14.9. The molecule has 2 N–H and O–H groups in total. The van der Waals surface area contributed by atoms with Gasteiger partial charge in [0.15, 0.2) is 0 Å². The van der Waals surface area contributed by atoms with Gasteiger partial charge in [0, 0.05) is 35.3 Å². The summed E-state index contributed by atoms with van der Waals surface area (Å²) in [5.41, 5.74) is 6.86. The van der Waals surface area contributed by atoms with Gasteiger partial charge in [-0.05, 0) is 54.6 Å². The van der Waals surface area contributed by atoms with Crippen LogP contribution in [0.2, 0.25) is 0 Å². The van der Waals surface area contributed by atoms with Gasteiger partial charge in [-0.2, -0.15) is 0 Å². The molecule has 4 nitrogen and oxygen atoms in total. The molecule has 0 saturated carbocycles. The zero-order chi connectivity index (χ0) is 13.6. The van der Waals surface area contributed by atoms with Crippen molar-refractivity contribution < 1.29 is 4.79 Å². The molecule has 0 spiro atoms. The third-order valence-corrected chi connectivity index (χ3v) is 4.86. The van der Waals surface area contributed by atoms with Crippen LogP contribution in [-0.2, 0) is 6.54 Å². The second-order valence-electron chi connectivity index (χ2n) is 5.66. The monoisotopic (exact) mass is 325 g/mol. The van der Waals surface area contributed by atoms with Gasteiger partial charge in [0.1, 0.15) is 5.69 Å². The number of halogens is 1. The Bertz CT molecular complexity index is 485. The van der Waals surface area contributed by atoms with Gasteiger partial charge in [-0.15, -0.1) is 0 Å². The van der Waals surface area contributed by atoms with E-state index in [-0.39, 0.29) is 11.9 Å². The molecule has 0 radical (unpaired) electrons. The molecule has 0 aliphatic carbocycles. The standard InChI is InChI=1S/C14H20BrN3O/c1-2-17-8-9(15)5-13(17)14(19)18-11-3-4-12(18)7-10(16)6-11/h5,8,10-12H,2-4,6-7,16H2,1H3. The fourth-order valence-corrected chi connectivity index (χ4v) is 4.06. The summed E-state index contributed by atoms with van der Waals surface area (Å²) in [6.45, 7) is 2.87. The van der Waals surface area contributed by atoms with Crippen LogP contribution < -0.4 is 5.73 Å². The number of carbonyl (C=O) groups is 1. The van der Waals surface area contributed by atoms with Gasteiger partial charge in [0.05, 0.1) is 0 Å². The molecule has 2 fully saturated rings. The highest BCUT2D eigenvalue weighted by atomic mass is 79.9. The predicted octanol–water partition coefficient (Wildman–Crippen LogP) is 2.36. The zero-order valence-electron chi connectivity index (χ0n) is 11.2. The van der Waals surface area contributed by atoms with Gasteiger partial charge in [0.25, 0.3) is 5.91 Å². The molecule has 3 heterocycles. The van der Waals surface area contributed by atoms with Crippen LogP contribution in [0.4, 0.5) is 0 Å². The number of rotatable bonds is 2. The van der Waals surface area contributed by atoms with Gasteiger partial charge in [-0.1, -0.05) is 0 Å². The molecule has 1 amide bonds. The van der Waals surface area contributed by atoms with Crippen molar-refractivity contribution in [3.8, 4) is 0 Å². The number of nitrogens with zero attached hydrogens (tertiary/aromatic N) is 2. The fraction of sp³-hybridized carbons (Fsp3) is 0.643. The zero-order valence-corrected chi connectivity index (χ0v) is 12.8. The first-order valence-electron chi connectivity index (χ1n) is 7.04. The number of aromatic nitrogens is 1. The second-order valence-corrected chi connectivity index (χ2v) is 6.57. The van der Waals surface area contributed by atoms with Crippen LogP contribution >= 0.6 is 15.9 Å². The molecule has 2 bridgehead atoms. The summed E-state index contributed by atoms with van der Waals surface area (Å²) >= 11 is 3.46. The molecule has 3 rings (SSSR count). The van der Waals surface area contributed by atoms with Crippen molar-refractivity contribution in [3.05, 3.63) is 22.4 Å². The van der Waals surface area contributed by atoms with E-state index in [0.29, 0.717) is 12.1 Å². The molecule has 0 aromatic carbocycles. The molecule has 19 heavy (non-hydrogen) atoms. The Morgan fingerprint density at radius 3 is 2.63 bits per heavy atom. The lowest BCUT2D eigenvalue weighted by Gasteiger charge is -2.37. The Morgan fingerprint density at radius 2 is 2.05 bits per heavy atom. The molecule has 1 aromatic heterocycles. The average Bonchev–Trinajstić information content (AvgIpc) is 2.87. The minimum absolute atomic E-state index is 0.173. The van der Waals surface area contributed by atoms with E-state index >= 15 is 0 Å². The Labute approximate surface area is 122 Å². The molecule has 5 heteroatoms. The SMILES string of the molecule is CCn1cc(Br)cc1C(=O)N1C2CCC1CC(N)C2. The van der Waals surface area contributed by atoms with Crippen molar-refractivity contribution >= 4 is 21.8 Å². The maximum Gasteiger partial charge on any atom is 0.271 e. The molecule has 2 aliphatic heterocycles. The van der Waals surface area contributed by atoms with E-state index in [2.05, 4.69) is 27.8 Å². The Hall–Kier alpha value is -0.810. The van der Waals surface area contributed by atoms with E-state index in [1.807, 2.05) is 16.8 Å². The van der Waals surface area contributed by atoms with Crippen LogP contribution in [-0.4, -0.2) is 33.5 Å². The number of hydrogen-bond acceptors (Lipinski definition) is 2. The van der Waals surface area contributed by atoms with Gasteiger partial charge >= 0.3 is 0 Å². The smallest absolute Gasteiger partial charge is 0.271 e. The first-order chi connectivity index (χ1) is 9.10. The fourth-order valence-electron chi connectivity index (χ4n) is 3.60. The Kier molecular flexibility index (Phi) is 3.43. The van der Waals surface area contributed by atoms with Gasteiger partial charge in [-0.25, -0.2) is 0 Å².